The monoisotopic (exact) mass is 355 g/mol. The lowest BCUT2D eigenvalue weighted by Gasteiger charge is -2.22. The van der Waals surface area contributed by atoms with Crippen LogP contribution in [0.15, 0.2) is 17.9 Å². The van der Waals surface area contributed by atoms with Crippen LogP contribution in [0.2, 0.25) is 0 Å². The summed E-state index contributed by atoms with van der Waals surface area (Å²) in [6.45, 7) is 3.43. The number of rotatable bonds is 5. The van der Waals surface area contributed by atoms with Crippen molar-refractivity contribution in [2.45, 2.75) is 39.0 Å². The van der Waals surface area contributed by atoms with Gasteiger partial charge in [-0.25, -0.2) is 0 Å². The second kappa shape index (κ2) is 7.66. The fraction of sp³-hybridized carbons (Fsp3) is 0.421. The number of carbonyl (C=O) groups excluding carboxylic acids is 1. The van der Waals surface area contributed by atoms with Crippen molar-refractivity contribution >= 4 is 35.1 Å². The van der Waals surface area contributed by atoms with Crippen molar-refractivity contribution in [2.75, 3.05) is 18.4 Å². The van der Waals surface area contributed by atoms with Crippen molar-refractivity contribution in [3.63, 3.8) is 0 Å². The third-order valence-electron chi connectivity index (χ3n) is 4.39. The fourth-order valence-corrected chi connectivity index (χ4v) is 3.53. The Morgan fingerprint density at radius 1 is 1.48 bits per heavy atom. The first-order valence-corrected chi connectivity index (χ1v) is 9.07. The van der Waals surface area contributed by atoms with Crippen LogP contribution in [-0.2, 0) is 22.4 Å². The van der Waals surface area contributed by atoms with Crippen molar-refractivity contribution < 1.29 is 9.53 Å². The number of carbonyl (C=O) groups is 1. The Kier molecular flexibility index (Phi) is 5.34. The summed E-state index contributed by atoms with van der Waals surface area (Å²) in [6.07, 6.45) is 6.20. The number of nitrogens with one attached hydrogen (secondary N) is 1. The highest BCUT2D eigenvalue weighted by molar-refractivity contribution is 7.80. The minimum atomic E-state index is -0.270. The molecule has 0 radical (unpaired) electrons. The molecule has 0 saturated carbocycles. The lowest BCUT2D eigenvalue weighted by Crippen LogP contribution is -2.29. The van der Waals surface area contributed by atoms with E-state index in [4.69, 9.17) is 22.2 Å². The Bertz CT molecular complexity index is 780. The first kappa shape index (κ1) is 17.4. The van der Waals surface area contributed by atoms with E-state index in [0.29, 0.717) is 0 Å². The highest BCUT2D eigenvalue weighted by Gasteiger charge is 2.33. The largest absolute Gasteiger partial charge is 0.426 e. The second-order valence-electron chi connectivity index (χ2n) is 6.24. The van der Waals surface area contributed by atoms with Crippen molar-refractivity contribution in [1.29, 1.82) is 5.26 Å². The lowest BCUT2D eigenvalue weighted by atomic mass is 9.94. The summed E-state index contributed by atoms with van der Waals surface area (Å²) in [4.78, 5) is 13.8. The molecule has 25 heavy (non-hydrogen) atoms. The molecule has 1 amide bonds. The van der Waals surface area contributed by atoms with Crippen LogP contribution >= 0.6 is 12.2 Å². The number of ether oxygens (including phenoxy) is 1. The highest BCUT2D eigenvalue weighted by Crippen LogP contribution is 2.30. The molecule has 1 aromatic carbocycles. The molecule has 6 heteroatoms. The summed E-state index contributed by atoms with van der Waals surface area (Å²) in [5.74, 6) is -0.0396. The first-order chi connectivity index (χ1) is 12.1. The van der Waals surface area contributed by atoms with E-state index in [9.17, 15) is 4.79 Å². The Hall–Kier alpha value is -2.39. The van der Waals surface area contributed by atoms with E-state index in [1.54, 1.807) is 6.08 Å². The zero-order chi connectivity index (χ0) is 17.8. The molecule has 2 heterocycles. The van der Waals surface area contributed by atoms with Gasteiger partial charge in [-0.3, -0.25) is 9.69 Å². The van der Waals surface area contributed by atoms with Crippen molar-refractivity contribution in [3.8, 4) is 6.07 Å². The number of anilines is 1. The van der Waals surface area contributed by atoms with Crippen LogP contribution in [-0.4, -0.2) is 29.1 Å². The maximum atomic E-state index is 12.4. The van der Waals surface area contributed by atoms with Crippen LogP contribution in [0.3, 0.4) is 0 Å². The quantitative estimate of drug-likeness (QED) is 0.648. The summed E-state index contributed by atoms with van der Waals surface area (Å²) >= 11 is 5.11. The van der Waals surface area contributed by atoms with Gasteiger partial charge in [0, 0.05) is 18.8 Å². The number of hydrogen-bond donors (Lipinski definition) is 1. The molecule has 0 aliphatic carbocycles. The first-order valence-electron chi connectivity index (χ1n) is 8.66. The number of nitrogens with zero attached hydrogens (tertiary/aromatic N) is 2. The molecular formula is C19H21N3O2S. The molecule has 1 fully saturated rings. The molecule has 2 aliphatic heterocycles. The SMILES string of the molecule is CCCc1cc(/C=C2/OC(=S)N(CCC#N)C2=O)cc2c1NCCC2. The zero-order valence-electron chi connectivity index (χ0n) is 14.3. The minimum Gasteiger partial charge on any atom is -0.426 e. The molecule has 5 nitrogen and oxygen atoms in total. The molecule has 0 atom stereocenters. The van der Waals surface area contributed by atoms with E-state index in [2.05, 4.69) is 24.4 Å². The van der Waals surface area contributed by atoms with Crippen LogP contribution in [0.5, 0.6) is 0 Å². The second-order valence-corrected chi connectivity index (χ2v) is 6.59. The molecule has 0 unspecified atom stereocenters. The fourth-order valence-electron chi connectivity index (χ4n) is 3.27. The predicted octanol–water partition coefficient (Wildman–Crippen LogP) is 3.40. The molecule has 0 aromatic heterocycles. The number of thiocarbonyl (C=S) groups is 1. The van der Waals surface area contributed by atoms with Gasteiger partial charge in [-0.2, -0.15) is 5.26 Å². The molecule has 0 bridgehead atoms. The Morgan fingerprint density at radius 2 is 2.32 bits per heavy atom. The van der Waals surface area contributed by atoms with Gasteiger partial charge in [0.25, 0.3) is 11.1 Å². The Labute approximate surface area is 153 Å². The highest BCUT2D eigenvalue weighted by atomic mass is 32.1. The summed E-state index contributed by atoms with van der Waals surface area (Å²) in [5, 5.41) is 12.3. The van der Waals surface area contributed by atoms with Crippen LogP contribution in [0.25, 0.3) is 6.08 Å². The van der Waals surface area contributed by atoms with E-state index in [0.717, 1.165) is 37.8 Å². The van der Waals surface area contributed by atoms with Crippen molar-refractivity contribution in [3.05, 3.63) is 34.6 Å². The maximum Gasteiger partial charge on any atom is 0.297 e. The number of hydrogen-bond acceptors (Lipinski definition) is 5. The molecule has 0 spiro atoms. The van der Waals surface area contributed by atoms with Crippen LogP contribution < -0.4 is 5.32 Å². The Balaban J connectivity index is 1.91. The van der Waals surface area contributed by atoms with Gasteiger partial charge < -0.3 is 10.1 Å². The van der Waals surface area contributed by atoms with E-state index in [1.807, 2.05) is 6.07 Å². The van der Waals surface area contributed by atoms with Gasteiger partial charge in [-0.1, -0.05) is 13.3 Å². The standard InChI is InChI=1S/C19H21N3O2S/c1-2-5-14-10-13(11-15-6-3-8-21-17(14)15)12-16-18(23)22(9-4-7-20)19(25)24-16/h10-12,21H,2-6,8-9H2,1H3/b16-12+. The average Bonchev–Trinajstić information content (AvgIpc) is 2.87. The summed E-state index contributed by atoms with van der Waals surface area (Å²) in [6, 6.07) is 6.25. The van der Waals surface area contributed by atoms with Gasteiger partial charge in [-0.05, 0) is 66.4 Å². The molecular weight excluding hydrogens is 334 g/mol. The molecule has 130 valence electrons. The van der Waals surface area contributed by atoms with Gasteiger partial charge in [0.1, 0.15) is 0 Å². The molecule has 2 aliphatic rings. The zero-order valence-corrected chi connectivity index (χ0v) is 15.1. The lowest BCUT2D eigenvalue weighted by molar-refractivity contribution is -0.122. The van der Waals surface area contributed by atoms with Crippen molar-refractivity contribution in [2.24, 2.45) is 0 Å². The number of amides is 1. The number of aryl methyl sites for hydroxylation is 2. The summed E-state index contributed by atoms with van der Waals surface area (Å²) in [5.41, 5.74) is 4.78. The predicted molar refractivity (Wildman–Crippen MR) is 101 cm³/mol. The maximum absolute atomic E-state index is 12.4. The average molecular weight is 355 g/mol. The normalized spacial score (nSPS) is 17.9. The van der Waals surface area contributed by atoms with E-state index in [-0.39, 0.29) is 29.8 Å². The Morgan fingerprint density at radius 3 is 3.08 bits per heavy atom. The number of nitriles is 1. The molecule has 1 N–H and O–H groups in total. The van der Waals surface area contributed by atoms with E-state index in [1.165, 1.54) is 21.7 Å². The van der Waals surface area contributed by atoms with E-state index < -0.39 is 0 Å². The number of benzene rings is 1. The van der Waals surface area contributed by atoms with Gasteiger partial charge in [0.15, 0.2) is 5.76 Å². The summed E-state index contributed by atoms with van der Waals surface area (Å²) < 4.78 is 5.48. The summed E-state index contributed by atoms with van der Waals surface area (Å²) in [7, 11) is 0. The third-order valence-corrected chi connectivity index (χ3v) is 4.69. The minimum absolute atomic E-state index is 0.125. The molecule has 3 rings (SSSR count). The van der Waals surface area contributed by atoms with Gasteiger partial charge >= 0.3 is 0 Å². The number of fused-ring (bicyclic) bond motifs is 1. The smallest absolute Gasteiger partial charge is 0.297 e. The third kappa shape index (κ3) is 3.67. The molecule has 1 saturated heterocycles. The van der Waals surface area contributed by atoms with Crippen LogP contribution in [0.1, 0.15) is 42.9 Å². The topological polar surface area (TPSA) is 65.4 Å². The molecule has 1 aromatic rings. The van der Waals surface area contributed by atoms with Gasteiger partial charge in [0.05, 0.1) is 12.5 Å². The van der Waals surface area contributed by atoms with Crippen LogP contribution in [0, 0.1) is 11.3 Å². The van der Waals surface area contributed by atoms with Gasteiger partial charge in [-0.15, -0.1) is 0 Å². The van der Waals surface area contributed by atoms with Crippen LogP contribution in [0.4, 0.5) is 5.69 Å². The van der Waals surface area contributed by atoms with E-state index >= 15 is 0 Å². The van der Waals surface area contributed by atoms with Crippen molar-refractivity contribution in [1.82, 2.24) is 4.90 Å². The van der Waals surface area contributed by atoms with Gasteiger partial charge in [0.2, 0.25) is 0 Å².